The van der Waals surface area contributed by atoms with Crippen molar-refractivity contribution in [2.45, 2.75) is 45.7 Å². The van der Waals surface area contributed by atoms with Gasteiger partial charge in [0.15, 0.2) is 0 Å². The number of hydrogen-bond donors (Lipinski definition) is 1. The zero-order chi connectivity index (χ0) is 24.5. The van der Waals surface area contributed by atoms with Crippen molar-refractivity contribution in [3.05, 3.63) is 105 Å². The fraction of sp³-hybridized carbons (Fsp3) is 0.286. The van der Waals surface area contributed by atoms with Gasteiger partial charge in [-0.05, 0) is 47.7 Å². The molecule has 1 N–H and O–H groups in total. The Morgan fingerprint density at radius 3 is 2.21 bits per heavy atom. The van der Waals surface area contributed by atoms with Crippen molar-refractivity contribution in [3.63, 3.8) is 0 Å². The van der Waals surface area contributed by atoms with E-state index < -0.39 is 6.04 Å². The highest BCUT2D eigenvalue weighted by molar-refractivity contribution is 6.36. The summed E-state index contributed by atoms with van der Waals surface area (Å²) in [4.78, 5) is 28.8. The number of hydrogen-bond acceptors (Lipinski definition) is 2. The van der Waals surface area contributed by atoms with E-state index in [0.717, 1.165) is 23.1 Å². The third-order valence-corrected chi connectivity index (χ3v) is 6.52. The maximum absolute atomic E-state index is 13.8. The molecule has 0 saturated carbocycles. The van der Waals surface area contributed by atoms with Gasteiger partial charge in [-0.3, -0.25) is 9.59 Å². The molecule has 0 heterocycles. The highest BCUT2D eigenvalue weighted by Gasteiger charge is 2.31. The van der Waals surface area contributed by atoms with E-state index in [1.165, 1.54) is 0 Å². The molecule has 0 aliphatic rings. The molecular weight excluding hydrogens is 467 g/mol. The van der Waals surface area contributed by atoms with Crippen LogP contribution in [0.3, 0.4) is 0 Å². The number of nitrogens with zero attached hydrogens (tertiary/aromatic N) is 1. The molecule has 0 aromatic heterocycles. The molecule has 3 aromatic rings. The Kier molecular flexibility index (Phi) is 9.55. The van der Waals surface area contributed by atoms with Crippen molar-refractivity contribution in [3.8, 4) is 0 Å². The van der Waals surface area contributed by atoms with Crippen LogP contribution < -0.4 is 5.32 Å². The van der Waals surface area contributed by atoms with Crippen LogP contribution >= 0.6 is 23.2 Å². The van der Waals surface area contributed by atoms with E-state index in [4.69, 9.17) is 23.2 Å². The van der Waals surface area contributed by atoms with E-state index in [1.54, 1.807) is 23.1 Å². The van der Waals surface area contributed by atoms with Gasteiger partial charge >= 0.3 is 0 Å². The van der Waals surface area contributed by atoms with Gasteiger partial charge in [-0.2, -0.15) is 0 Å². The number of carbonyl (C=O) groups is 2. The predicted molar refractivity (Wildman–Crippen MR) is 139 cm³/mol. The second-order valence-corrected chi connectivity index (χ2v) is 9.14. The SMILES string of the molecule is CCCNC(=O)[C@H](Cc1ccccc1)N(Cc1ccccc1C)C(=O)Cc1c(Cl)cccc1Cl. The van der Waals surface area contributed by atoms with Crippen LogP contribution in [-0.2, 0) is 29.0 Å². The summed E-state index contributed by atoms with van der Waals surface area (Å²) in [6, 6.07) is 22.2. The molecule has 6 heteroatoms. The first kappa shape index (κ1) is 25.8. The molecule has 1 atom stereocenters. The standard InChI is InChI=1S/C28H30Cl2N2O2/c1-3-16-31-28(34)26(17-21-11-5-4-6-12-21)32(19-22-13-8-7-10-20(22)2)27(33)18-23-24(29)14-9-15-25(23)30/h4-15,26H,3,16-19H2,1-2H3,(H,31,34)/t26-/m0/s1. The molecule has 0 unspecified atom stereocenters. The summed E-state index contributed by atoms with van der Waals surface area (Å²) in [6.07, 6.45) is 1.23. The predicted octanol–water partition coefficient (Wildman–Crippen LogP) is 6.01. The van der Waals surface area contributed by atoms with Crippen LogP contribution in [0.15, 0.2) is 72.8 Å². The molecular formula is C28H30Cl2N2O2. The summed E-state index contributed by atoms with van der Waals surface area (Å²) in [5.74, 6) is -0.372. The van der Waals surface area contributed by atoms with Crippen molar-refractivity contribution in [1.29, 1.82) is 0 Å². The second kappa shape index (κ2) is 12.6. The molecule has 0 aliphatic heterocycles. The molecule has 2 amide bonds. The van der Waals surface area contributed by atoms with Gasteiger partial charge in [0.25, 0.3) is 0 Å². The van der Waals surface area contributed by atoms with Gasteiger partial charge in [0.1, 0.15) is 6.04 Å². The lowest BCUT2D eigenvalue weighted by molar-refractivity contribution is -0.140. The highest BCUT2D eigenvalue weighted by atomic mass is 35.5. The van der Waals surface area contributed by atoms with Gasteiger partial charge in [0.2, 0.25) is 11.8 Å². The van der Waals surface area contributed by atoms with Crippen LogP contribution in [0.25, 0.3) is 0 Å². The lowest BCUT2D eigenvalue weighted by Gasteiger charge is -2.32. The number of halogens is 2. The van der Waals surface area contributed by atoms with Gasteiger partial charge in [-0.1, -0.05) is 90.8 Å². The Morgan fingerprint density at radius 2 is 1.56 bits per heavy atom. The van der Waals surface area contributed by atoms with Gasteiger partial charge < -0.3 is 10.2 Å². The Bertz CT molecular complexity index is 1100. The monoisotopic (exact) mass is 496 g/mol. The molecule has 0 radical (unpaired) electrons. The first-order chi connectivity index (χ1) is 16.4. The second-order valence-electron chi connectivity index (χ2n) is 8.32. The number of benzene rings is 3. The first-order valence-electron chi connectivity index (χ1n) is 11.5. The number of nitrogens with one attached hydrogen (secondary N) is 1. The van der Waals surface area contributed by atoms with Crippen LogP contribution in [0.2, 0.25) is 10.0 Å². The minimum absolute atomic E-state index is 0.0107. The topological polar surface area (TPSA) is 49.4 Å². The average Bonchev–Trinajstić information content (AvgIpc) is 2.83. The Morgan fingerprint density at radius 1 is 0.912 bits per heavy atom. The van der Waals surface area contributed by atoms with Crippen molar-refractivity contribution in [2.75, 3.05) is 6.54 Å². The average molecular weight is 497 g/mol. The van der Waals surface area contributed by atoms with E-state index in [2.05, 4.69) is 5.32 Å². The summed E-state index contributed by atoms with van der Waals surface area (Å²) in [6.45, 7) is 4.87. The molecule has 0 aliphatic carbocycles. The fourth-order valence-electron chi connectivity index (χ4n) is 3.84. The lowest BCUT2D eigenvalue weighted by atomic mass is 10.0. The van der Waals surface area contributed by atoms with Crippen LogP contribution in [0, 0.1) is 6.92 Å². The first-order valence-corrected chi connectivity index (χ1v) is 12.2. The summed E-state index contributed by atoms with van der Waals surface area (Å²) >= 11 is 12.7. The molecule has 178 valence electrons. The third kappa shape index (κ3) is 6.85. The molecule has 3 aromatic carbocycles. The van der Waals surface area contributed by atoms with Gasteiger partial charge in [-0.15, -0.1) is 0 Å². The zero-order valence-electron chi connectivity index (χ0n) is 19.6. The van der Waals surface area contributed by atoms with Crippen molar-refractivity contribution in [2.24, 2.45) is 0 Å². The highest BCUT2D eigenvalue weighted by Crippen LogP contribution is 2.26. The molecule has 0 fully saturated rings. The van der Waals surface area contributed by atoms with Gasteiger partial charge in [0, 0.05) is 29.6 Å². The lowest BCUT2D eigenvalue weighted by Crippen LogP contribution is -2.51. The number of aryl methyl sites for hydroxylation is 1. The van der Waals surface area contributed by atoms with Crippen LogP contribution in [0.4, 0.5) is 0 Å². The molecule has 34 heavy (non-hydrogen) atoms. The number of rotatable bonds is 10. The van der Waals surface area contributed by atoms with Crippen molar-refractivity contribution in [1.82, 2.24) is 10.2 Å². The third-order valence-electron chi connectivity index (χ3n) is 5.81. The Balaban J connectivity index is 2.00. The van der Waals surface area contributed by atoms with E-state index in [-0.39, 0.29) is 18.2 Å². The maximum Gasteiger partial charge on any atom is 0.243 e. The summed E-state index contributed by atoms with van der Waals surface area (Å²) in [5.41, 5.74) is 3.60. The summed E-state index contributed by atoms with van der Waals surface area (Å²) < 4.78 is 0. The molecule has 0 spiro atoms. The summed E-state index contributed by atoms with van der Waals surface area (Å²) in [7, 11) is 0. The number of carbonyl (C=O) groups excluding carboxylic acids is 2. The van der Waals surface area contributed by atoms with Gasteiger partial charge in [-0.25, -0.2) is 0 Å². The van der Waals surface area contributed by atoms with Crippen molar-refractivity contribution >= 4 is 35.0 Å². The van der Waals surface area contributed by atoms with Crippen molar-refractivity contribution < 1.29 is 9.59 Å². The van der Waals surface area contributed by atoms with E-state index in [9.17, 15) is 9.59 Å². The Labute approximate surface area is 211 Å². The normalized spacial score (nSPS) is 11.6. The zero-order valence-corrected chi connectivity index (χ0v) is 21.1. The summed E-state index contributed by atoms with van der Waals surface area (Å²) in [5, 5.41) is 3.86. The molecule has 3 rings (SSSR count). The fourth-order valence-corrected chi connectivity index (χ4v) is 4.38. The Hall–Kier alpha value is -2.82. The molecule has 0 saturated heterocycles. The quantitative estimate of drug-likeness (QED) is 0.373. The van der Waals surface area contributed by atoms with Crippen LogP contribution in [0.5, 0.6) is 0 Å². The van der Waals surface area contributed by atoms with Crippen LogP contribution in [0.1, 0.15) is 35.6 Å². The van der Waals surface area contributed by atoms with Crippen LogP contribution in [-0.4, -0.2) is 29.3 Å². The molecule has 0 bridgehead atoms. The number of amides is 2. The van der Waals surface area contributed by atoms with E-state index in [0.29, 0.717) is 35.1 Å². The maximum atomic E-state index is 13.8. The molecule has 4 nitrogen and oxygen atoms in total. The van der Waals surface area contributed by atoms with Gasteiger partial charge in [0.05, 0.1) is 6.42 Å². The largest absolute Gasteiger partial charge is 0.354 e. The minimum Gasteiger partial charge on any atom is -0.354 e. The minimum atomic E-state index is -0.678. The van der Waals surface area contributed by atoms with E-state index >= 15 is 0 Å². The van der Waals surface area contributed by atoms with E-state index in [1.807, 2.05) is 68.4 Å². The smallest absolute Gasteiger partial charge is 0.243 e.